The van der Waals surface area contributed by atoms with Crippen LogP contribution in [0.1, 0.15) is 39.5 Å². The van der Waals surface area contributed by atoms with E-state index in [0.29, 0.717) is 31.6 Å². The van der Waals surface area contributed by atoms with Crippen molar-refractivity contribution < 1.29 is 24.3 Å². The molecule has 0 aromatic rings. The first kappa shape index (κ1) is 29.5. The van der Waals surface area contributed by atoms with Crippen LogP contribution in [-0.4, -0.2) is 77.3 Å². The van der Waals surface area contributed by atoms with Crippen LogP contribution >= 0.6 is 24.4 Å². The number of carboxylic acid groups (broad SMARTS) is 1. The van der Waals surface area contributed by atoms with Crippen molar-refractivity contribution >= 4 is 48.1 Å². The number of carboxylic acids is 1. The summed E-state index contributed by atoms with van der Waals surface area (Å²) in [5.74, 6) is -2.45. The van der Waals surface area contributed by atoms with Gasteiger partial charge in [-0.2, -0.15) is 24.4 Å². The molecule has 0 fully saturated rings. The van der Waals surface area contributed by atoms with Gasteiger partial charge in [0.25, 0.3) is 0 Å². The minimum Gasteiger partial charge on any atom is -0.480 e. The lowest BCUT2D eigenvalue weighted by molar-refractivity contribution is -0.143. The number of nitrogens with one attached hydrogen (secondary N) is 3. The molecule has 0 aromatic heterocycles. The zero-order valence-corrected chi connectivity index (χ0v) is 20.1. The van der Waals surface area contributed by atoms with Crippen LogP contribution in [0.5, 0.6) is 0 Å². The number of hydrogen-bond donors (Lipinski definition) is 7. The van der Waals surface area contributed by atoms with Crippen LogP contribution in [0.25, 0.3) is 0 Å². The lowest BCUT2D eigenvalue weighted by Crippen LogP contribution is -2.58. The molecule has 0 heterocycles. The minimum absolute atomic E-state index is 0.00764. The van der Waals surface area contributed by atoms with Gasteiger partial charge in [0.05, 0.1) is 6.04 Å². The normalized spacial score (nSPS) is 14.9. The molecule has 0 aliphatic rings. The van der Waals surface area contributed by atoms with Gasteiger partial charge in [0.1, 0.15) is 18.1 Å². The second kappa shape index (κ2) is 16.2. The van der Waals surface area contributed by atoms with E-state index < -0.39 is 47.9 Å². The first-order valence-electron chi connectivity index (χ1n) is 10.3. The fraction of sp³-hybridized carbons (Fsp3) is 0.789. The zero-order valence-electron chi connectivity index (χ0n) is 18.4. The molecule has 4 atom stereocenters. The number of rotatable bonds is 16. The molecular formula is C19H37N5O5S2. The van der Waals surface area contributed by atoms with Gasteiger partial charge in [-0.15, -0.1) is 0 Å². The zero-order chi connectivity index (χ0) is 24.0. The van der Waals surface area contributed by atoms with Crippen LogP contribution < -0.4 is 27.4 Å². The highest BCUT2D eigenvalue weighted by atomic mass is 32.2. The molecule has 10 nitrogen and oxygen atoms in total. The van der Waals surface area contributed by atoms with E-state index in [2.05, 4.69) is 28.6 Å². The summed E-state index contributed by atoms with van der Waals surface area (Å²) in [6.45, 7) is 3.77. The van der Waals surface area contributed by atoms with E-state index in [1.165, 1.54) is 0 Å². The Kier molecular flexibility index (Phi) is 15.4. The molecular weight excluding hydrogens is 442 g/mol. The molecule has 0 spiro atoms. The van der Waals surface area contributed by atoms with Crippen molar-refractivity contribution in [1.82, 2.24) is 16.0 Å². The fourth-order valence-corrected chi connectivity index (χ4v) is 3.40. The number of amides is 3. The van der Waals surface area contributed by atoms with E-state index in [1.807, 2.05) is 6.26 Å². The number of carbonyl (C=O) groups is 4. The van der Waals surface area contributed by atoms with Crippen molar-refractivity contribution in [3.8, 4) is 0 Å². The first-order chi connectivity index (χ1) is 14.6. The third kappa shape index (κ3) is 11.6. The molecule has 0 saturated heterocycles. The summed E-state index contributed by atoms with van der Waals surface area (Å²) in [7, 11) is 0. The minimum atomic E-state index is -1.16. The number of aliphatic carboxylic acids is 1. The van der Waals surface area contributed by atoms with Crippen LogP contribution in [0.15, 0.2) is 0 Å². The average molecular weight is 480 g/mol. The first-order valence-corrected chi connectivity index (χ1v) is 12.3. The molecule has 3 amide bonds. The quantitative estimate of drug-likeness (QED) is 0.112. The van der Waals surface area contributed by atoms with Crippen LogP contribution in [-0.2, 0) is 19.2 Å². The van der Waals surface area contributed by atoms with Gasteiger partial charge in [-0.25, -0.2) is 4.79 Å². The van der Waals surface area contributed by atoms with Gasteiger partial charge in [-0.1, -0.05) is 13.8 Å². The molecule has 31 heavy (non-hydrogen) atoms. The fourth-order valence-electron chi connectivity index (χ4n) is 2.65. The summed E-state index contributed by atoms with van der Waals surface area (Å²) < 4.78 is 0. The number of thioether (sulfide) groups is 1. The van der Waals surface area contributed by atoms with Gasteiger partial charge < -0.3 is 32.5 Å². The van der Waals surface area contributed by atoms with Crippen LogP contribution in [0.2, 0.25) is 0 Å². The van der Waals surface area contributed by atoms with Crippen LogP contribution in [0.4, 0.5) is 0 Å². The van der Waals surface area contributed by atoms with Gasteiger partial charge in [-0.3, -0.25) is 14.4 Å². The van der Waals surface area contributed by atoms with E-state index in [0.717, 1.165) is 0 Å². The monoisotopic (exact) mass is 479 g/mol. The Bertz CT molecular complexity index is 594. The predicted octanol–water partition coefficient (Wildman–Crippen LogP) is -0.679. The summed E-state index contributed by atoms with van der Waals surface area (Å²) in [6.07, 6.45) is 3.84. The van der Waals surface area contributed by atoms with Crippen LogP contribution in [0.3, 0.4) is 0 Å². The van der Waals surface area contributed by atoms with E-state index in [4.69, 9.17) is 11.5 Å². The number of unbranched alkanes of at least 4 members (excludes halogenated alkanes) is 1. The van der Waals surface area contributed by atoms with E-state index in [9.17, 15) is 24.3 Å². The average Bonchev–Trinajstić information content (AvgIpc) is 2.72. The number of nitrogens with two attached hydrogens (primary N) is 2. The smallest absolute Gasteiger partial charge is 0.326 e. The summed E-state index contributed by atoms with van der Waals surface area (Å²) in [5.41, 5.74) is 11.3. The summed E-state index contributed by atoms with van der Waals surface area (Å²) in [4.78, 5) is 49.0. The van der Waals surface area contributed by atoms with Crippen molar-refractivity contribution in [2.75, 3.05) is 24.3 Å². The molecule has 4 unspecified atom stereocenters. The molecule has 12 heteroatoms. The summed E-state index contributed by atoms with van der Waals surface area (Å²) in [5, 5.41) is 17.0. The maximum atomic E-state index is 12.7. The summed E-state index contributed by atoms with van der Waals surface area (Å²) >= 11 is 5.68. The molecule has 0 radical (unpaired) electrons. The van der Waals surface area contributed by atoms with E-state index in [1.54, 1.807) is 25.6 Å². The van der Waals surface area contributed by atoms with Crippen molar-refractivity contribution in [1.29, 1.82) is 0 Å². The standard InChI is InChI=1S/C19H37N5O5S2/c1-11(2)15(19(28)29)24-17(26)13(6-4-5-8-20)22-18(27)14(10-30)23-16(25)12(21)7-9-31-3/h11-15,30H,4-10,20-21H2,1-3H3,(H,22,27)(H,23,25)(H,24,26)(H,28,29). The van der Waals surface area contributed by atoms with E-state index in [-0.39, 0.29) is 18.1 Å². The highest BCUT2D eigenvalue weighted by Crippen LogP contribution is 2.07. The Balaban J connectivity index is 5.20. The van der Waals surface area contributed by atoms with Crippen molar-refractivity contribution in [2.45, 2.75) is 63.7 Å². The number of carbonyl (C=O) groups excluding carboxylic acids is 3. The molecule has 8 N–H and O–H groups in total. The molecule has 0 aliphatic heterocycles. The van der Waals surface area contributed by atoms with E-state index >= 15 is 0 Å². The van der Waals surface area contributed by atoms with Gasteiger partial charge >= 0.3 is 5.97 Å². The molecule has 0 saturated carbocycles. The second-order valence-corrected chi connectivity index (χ2v) is 8.90. The van der Waals surface area contributed by atoms with Crippen molar-refractivity contribution in [2.24, 2.45) is 17.4 Å². The maximum Gasteiger partial charge on any atom is 0.326 e. The van der Waals surface area contributed by atoms with Gasteiger partial charge in [0, 0.05) is 5.75 Å². The number of hydrogen-bond acceptors (Lipinski definition) is 8. The maximum absolute atomic E-state index is 12.7. The topological polar surface area (TPSA) is 177 Å². The Morgan fingerprint density at radius 3 is 2.03 bits per heavy atom. The molecule has 0 bridgehead atoms. The highest BCUT2D eigenvalue weighted by molar-refractivity contribution is 7.98. The van der Waals surface area contributed by atoms with Crippen LogP contribution in [0, 0.1) is 5.92 Å². The Labute approximate surface area is 193 Å². The summed E-state index contributed by atoms with van der Waals surface area (Å²) in [6, 6.07) is -3.80. The Hall–Kier alpha value is -1.50. The van der Waals surface area contributed by atoms with Crippen molar-refractivity contribution in [3.63, 3.8) is 0 Å². The Morgan fingerprint density at radius 2 is 1.55 bits per heavy atom. The number of thiol groups is 1. The Morgan fingerprint density at radius 1 is 0.968 bits per heavy atom. The molecule has 180 valence electrons. The second-order valence-electron chi connectivity index (χ2n) is 7.55. The lowest BCUT2D eigenvalue weighted by Gasteiger charge is -2.25. The van der Waals surface area contributed by atoms with Gasteiger partial charge in [0.15, 0.2) is 0 Å². The van der Waals surface area contributed by atoms with Crippen molar-refractivity contribution in [3.05, 3.63) is 0 Å². The molecule has 0 aliphatic carbocycles. The highest BCUT2D eigenvalue weighted by Gasteiger charge is 2.30. The largest absolute Gasteiger partial charge is 0.480 e. The third-order valence-electron chi connectivity index (χ3n) is 4.60. The van der Waals surface area contributed by atoms with Gasteiger partial charge in [0.2, 0.25) is 17.7 Å². The third-order valence-corrected chi connectivity index (χ3v) is 5.60. The molecule has 0 rings (SSSR count). The predicted molar refractivity (Wildman–Crippen MR) is 126 cm³/mol. The SMILES string of the molecule is CSCCC(N)C(=O)NC(CS)C(=O)NC(CCCCN)C(=O)NC(C(=O)O)C(C)C. The lowest BCUT2D eigenvalue weighted by atomic mass is 10.0. The van der Waals surface area contributed by atoms with Gasteiger partial charge in [-0.05, 0) is 50.2 Å². The molecule has 0 aromatic carbocycles.